The molecule has 1 aromatic heterocycles. The number of rotatable bonds is 3. The van der Waals surface area contributed by atoms with E-state index in [4.69, 9.17) is 11.6 Å². The van der Waals surface area contributed by atoms with E-state index in [-0.39, 0.29) is 16.4 Å². The van der Waals surface area contributed by atoms with Gasteiger partial charge in [-0.15, -0.1) is 0 Å². The van der Waals surface area contributed by atoms with Crippen LogP contribution in [0, 0.1) is 11.6 Å². The molecule has 2 aromatic carbocycles. The van der Waals surface area contributed by atoms with Crippen molar-refractivity contribution in [1.29, 1.82) is 0 Å². The summed E-state index contributed by atoms with van der Waals surface area (Å²) < 4.78 is 28.8. The van der Waals surface area contributed by atoms with Crippen LogP contribution in [0.15, 0.2) is 55.4 Å². The Hall–Kier alpha value is -2.59. The zero-order valence-electron chi connectivity index (χ0n) is 11.9. The Balaban J connectivity index is 2.06. The number of aromatic nitrogens is 2. The Bertz CT molecular complexity index is 836. The van der Waals surface area contributed by atoms with E-state index in [2.05, 4.69) is 16.5 Å². The summed E-state index contributed by atoms with van der Waals surface area (Å²) in [6, 6.07) is 9.82. The second-order valence-corrected chi connectivity index (χ2v) is 5.22. The zero-order chi connectivity index (χ0) is 16.4. The molecular formula is C18H11ClF2N2. The van der Waals surface area contributed by atoms with Gasteiger partial charge in [0.15, 0.2) is 0 Å². The molecular weight excluding hydrogens is 318 g/mol. The molecule has 0 N–H and O–H groups in total. The molecule has 3 rings (SSSR count). The Labute approximate surface area is 137 Å². The molecule has 0 aliphatic rings. The van der Waals surface area contributed by atoms with Gasteiger partial charge in [0, 0.05) is 18.0 Å². The molecule has 5 heteroatoms. The molecule has 0 unspecified atom stereocenters. The van der Waals surface area contributed by atoms with Gasteiger partial charge < -0.3 is 0 Å². The second-order valence-electron chi connectivity index (χ2n) is 4.88. The molecule has 0 fully saturated rings. The van der Waals surface area contributed by atoms with Crippen LogP contribution in [0.1, 0.15) is 5.56 Å². The summed E-state index contributed by atoms with van der Waals surface area (Å²) >= 11 is 5.59. The molecule has 0 bridgehead atoms. The first-order chi connectivity index (χ1) is 11.1. The highest BCUT2D eigenvalue weighted by molar-refractivity contribution is 6.28. The molecule has 23 heavy (non-hydrogen) atoms. The van der Waals surface area contributed by atoms with E-state index >= 15 is 0 Å². The largest absolute Gasteiger partial charge is 0.226 e. The first-order valence-corrected chi connectivity index (χ1v) is 7.16. The topological polar surface area (TPSA) is 25.8 Å². The monoisotopic (exact) mass is 328 g/mol. The van der Waals surface area contributed by atoms with E-state index in [1.54, 1.807) is 18.2 Å². The number of nitrogens with zero attached hydrogens (tertiary/aromatic N) is 2. The van der Waals surface area contributed by atoms with Gasteiger partial charge >= 0.3 is 0 Å². The van der Waals surface area contributed by atoms with Crippen molar-refractivity contribution >= 4 is 17.7 Å². The van der Waals surface area contributed by atoms with E-state index in [0.29, 0.717) is 11.1 Å². The maximum Gasteiger partial charge on any atom is 0.222 e. The summed E-state index contributed by atoms with van der Waals surface area (Å²) in [6.45, 7) is 3.67. The van der Waals surface area contributed by atoms with Gasteiger partial charge in [-0.05, 0) is 40.4 Å². The summed E-state index contributed by atoms with van der Waals surface area (Å²) in [5, 5.41) is 0.0218. The summed E-state index contributed by atoms with van der Waals surface area (Å²) in [5.74, 6) is -1.36. The SMILES string of the molecule is C=Cc1ccc(-c2cc(F)c(-c3cnc(Cl)nc3)c(F)c2)cc1. The van der Waals surface area contributed by atoms with Crippen LogP contribution in [0.5, 0.6) is 0 Å². The van der Waals surface area contributed by atoms with Crippen LogP contribution in [0.25, 0.3) is 28.3 Å². The molecule has 0 aliphatic carbocycles. The van der Waals surface area contributed by atoms with Crippen LogP contribution in [0.2, 0.25) is 5.28 Å². The standard InChI is InChI=1S/C18H11ClF2N2/c1-2-11-3-5-12(6-4-11)13-7-15(20)17(16(21)8-13)14-9-22-18(19)23-10-14/h2-10H,1H2. The molecule has 0 atom stereocenters. The van der Waals surface area contributed by atoms with Gasteiger partial charge in [-0.1, -0.05) is 36.9 Å². The lowest BCUT2D eigenvalue weighted by molar-refractivity contribution is 0.590. The van der Waals surface area contributed by atoms with E-state index in [9.17, 15) is 8.78 Å². The van der Waals surface area contributed by atoms with Crippen molar-refractivity contribution in [2.45, 2.75) is 0 Å². The molecule has 3 aromatic rings. The summed E-state index contributed by atoms with van der Waals surface area (Å²) in [6.07, 6.45) is 4.28. The minimum absolute atomic E-state index is 0.0218. The molecule has 0 saturated heterocycles. The van der Waals surface area contributed by atoms with Crippen LogP contribution in [0.4, 0.5) is 8.78 Å². The van der Waals surface area contributed by atoms with Gasteiger partial charge in [0.2, 0.25) is 5.28 Å². The van der Waals surface area contributed by atoms with Gasteiger partial charge in [0.05, 0.1) is 5.56 Å². The van der Waals surface area contributed by atoms with Gasteiger partial charge in [-0.25, -0.2) is 18.7 Å². The summed E-state index contributed by atoms with van der Waals surface area (Å²) in [7, 11) is 0. The fraction of sp³-hybridized carbons (Fsp3) is 0. The normalized spacial score (nSPS) is 10.6. The highest BCUT2D eigenvalue weighted by Crippen LogP contribution is 2.30. The molecule has 0 spiro atoms. The van der Waals surface area contributed by atoms with Gasteiger partial charge in [-0.2, -0.15) is 0 Å². The van der Waals surface area contributed by atoms with Crippen molar-refractivity contribution < 1.29 is 8.78 Å². The van der Waals surface area contributed by atoms with Crippen LogP contribution in [-0.2, 0) is 0 Å². The van der Waals surface area contributed by atoms with E-state index in [1.807, 2.05) is 12.1 Å². The third-order valence-corrected chi connectivity index (χ3v) is 3.63. The Morgan fingerprint density at radius 1 is 0.870 bits per heavy atom. The van der Waals surface area contributed by atoms with E-state index in [1.165, 1.54) is 24.5 Å². The van der Waals surface area contributed by atoms with E-state index in [0.717, 1.165) is 5.56 Å². The van der Waals surface area contributed by atoms with E-state index < -0.39 is 11.6 Å². The van der Waals surface area contributed by atoms with Crippen molar-refractivity contribution in [3.63, 3.8) is 0 Å². The van der Waals surface area contributed by atoms with Crippen molar-refractivity contribution in [2.75, 3.05) is 0 Å². The summed E-state index contributed by atoms with van der Waals surface area (Å²) in [4.78, 5) is 7.50. The van der Waals surface area contributed by atoms with Gasteiger partial charge in [0.25, 0.3) is 0 Å². The quantitative estimate of drug-likeness (QED) is 0.603. The minimum atomic E-state index is -0.682. The molecule has 1 heterocycles. The number of halogens is 3. The average molecular weight is 329 g/mol. The molecule has 2 nitrogen and oxygen atoms in total. The number of hydrogen-bond acceptors (Lipinski definition) is 2. The van der Waals surface area contributed by atoms with Crippen molar-refractivity contribution in [1.82, 2.24) is 9.97 Å². The first-order valence-electron chi connectivity index (χ1n) is 6.78. The van der Waals surface area contributed by atoms with Gasteiger partial charge in [-0.3, -0.25) is 0 Å². The third kappa shape index (κ3) is 3.12. The van der Waals surface area contributed by atoms with Crippen LogP contribution in [-0.4, -0.2) is 9.97 Å². The van der Waals surface area contributed by atoms with Crippen LogP contribution in [0.3, 0.4) is 0 Å². The highest BCUT2D eigenvalue weighted by Gasteiger charge is 2.15. The molecule has 114 valence electrons. The number of hydrogen-bond donors (Lipinski definition) is 0. The van der Waals surface area contributed by atoms with Crippen LogP contribution >= 0.6 is 11.6 Å². The Morgan fingerprint density at radius 3 is 1.96 bits per heavy atom. The molecule has 0 amide bonds. The number of benzene rings is 2. The Kier molecular flexibility index (Phi) is 4.17. The second kappa shape index (κ2) is 6.26. The zero-order valence-corrected chi connectivity index (χ0v) is 12.7. The fourth-order valence-electron chi connectivity index (χ4n) is 2.27. The van der Waals surface area contributed by atoms with Crippen LogP contribution < -0.4 is 0 Å². The van der Waals surface area contributed by atoms with Crippen molar-refractivity contribution in [3.05, 3.63) is 77.9 Å². The Morgan fingerprint density at radius 2 is 1.43 bits per heavy atom. The average Bonchev–Trinajstić information content (AvgIpc) is 2.56. The highest BCUT2D eigenvalue weighted by atomic mass is 35.5. The molecule has 0 aliphatic heterocycles. The van der Waals surface area contributed by atoms with Gasteiger partial charge in [0.1, 0.15) is 11.6 Å². The smallest absolute Gasteiger partial charge is 0.222 e. The first kappa shape index (κ1) is 15.3. The summed E-state index contributed by atoms with van der Waals surface area (Å²) in [5.41, 5.74) is 2.16. The molecule has 0 saturated carbocycles. The third-order valence-electron chi connectivity index (χ3n) is 3.43. The lowest BCUT2D eigenvalue weighted by Crippen LogP contribution is -1.94. The predicted molar refractivity (Wildman–Crippen MR) is 87.9 cm³/mol. The fourth-order valence-corrected chi connectivity index (χ4v) is 2.37. The lowest BCUT2D eigenvalue weighted by atomic mass is 9.99. The maximum absolute atomic E-state index is 14.4. The van der Waals surface area contributed by atoms with Crippen molar-refractivity contribution in [2.24, 2.45) is 0 Å². The minimum Gasteiger partial charge on any atom is -0.226 e. The predicted octanol–water partition coefficient (Wildman–Crippen LogP) is 5.39. The molecule has 0 radical (unpaired) electrons. The lowest BCUT2D eigenvalue weighted by Gasteiger charge is -2.09. The van der Waals surface area contributed by atoms with Crippen molar-refractivity contribution in [3.8, 4) is 22.3 Å². The maximum atomic E-state index is 14.4.